The van der Waals surface area contributed by atoms with Crippen molar-refractivity contribution in [3.05, 3.63) is 35.6 Å². The van der Waals surface area contributed by atoms with Crippen LogP contribution in [0.25, 0.3) is 21.3 Å². The number of carboxylic acid groups (broad SMARTS) is 1. The van der Waals surface area contributed by atoms with Crippen LogP contribution in [0.2, 0.25) is 0 Å². The van der Waals surface area contributed by atoms with Crippen molar-refractivity contribution >= 4 is 27.6 Å². The number of aromatic nitrogens is 3. The number of rotatable bonds is 4. The van der Waals surface area contributed by atoms with Gasteiger partial charge in [0.15, 0.2) is 0 Å². The van der Waals surface area contributed by atoms with Crippen LogP contribution in [0.4, 0.5) is 4.79 Å². The summed E-state index contributed by atoms with van der Waals surface area (Å²) in [5.74, 6) is 1.01. The normalized spacial score (nSPS) is 27.5. The molecule has 2 atom stereocenters. The third-order valence-corrected chi connectivity index (χ3v) is 8.53. The van der Waals surface area contributed by atoms with Crippen molar-refractivity contribution in [2.45, 2.75) is 37.3 Å². The lowest BCUT2D eigenvalue weighted by Crippen LogP contribution is -2.45. The molecule has 0 radical (unpaired) electrons. The molecule has 0 unspecified atom stereocenters. The number of fused-ring (bicyclic) bond motifs is 2. The highest BCUT2D eigenvalue weighted by Gasteiger charge is 2.47. The molecule has 2 saturated heterocycles. The molecule has 4 heterocycles. The SMILES string of the molecule is COc1ncc(-c2ccc3nc(C4CC(N5C[C@H]6CCN(C(=O)O)[C@H]6C5)C4)sc3c2)cn1. The van der Waals surface area contributed by atoms with Gasteiger partial charge >= 0.3 is 12.1 Å². The summed E-state index contributed by atoms with van der Waals surface area (Å²) in [5, 5.41) is 10.6. The molecule has 1 aromatic carbocycles. The number of benzene rings is 1. The molecule has 2 aromatic heterocycles. The minimum Gasteiger partial charge on any atom is -0.467 e. The highest BCUT2D eigenvalue weighted by atomic mass is 32.1. The van der Waals surface area contributed by atoms with Crippen LogP contribution in [0.3, 0.4) is 0 Å². The standard InChI is InChI=1S/C23H25N5O3S/c1-31-22-24-9-16(10-25-22)13-2-3-18-20(8-13)32-21(26-18)15-6-17(7-15)27-11-14-4-5-28(23(29)30)19(14)12-27/h2-3,8-10,14-15,17,19H,4-7,11-12H2,1H3,(H,29,30)/t14-,15?,17?,19+/m1/s1. The van der Waals surface area contributed by atoms with Gasteiger partial charge in [0.2, 0.25) is 0 Å². The first-order valence-corrected chi connectivity index (χ1v) is 11.9. The highest BCUT2D eigenvalue weighted by molar-refractivity contribution is 7.18. The highest BCUT2D eigenvalue weighted by Crippen LogP contribution is 2.45. The van der Waals surface area contributed by atoms with Crippen molar-refractivity contribution in [3.63, 3.8) is 0 Å². The summed E-state index contributed by atoms with van der Waals surface area (Å²) < 4.78 is 6.23. The van der Waals surface area contributed by atoms with Crippen LogP contribution in [-0.2, 0) is 0 Å². The minimum atomic E-state index is -0.763. The van der Waals surface area contributed by atoms with Gasteiger partial charge in [0.1, 0.15) is 0 Å². The molecule has 2 aliphatic heterocycles. The van der Waals surface area contributed by atoms with E-state index < -0.39 is 6.09 Å². The fourth-order valence-electron chi connectivity index (χ4n) is 5.48. The quantitative estimate of drug-likeness (QED) is 0.647. The zero-order valence-corrected chi connectivity index (χ0v) is 18.7. The van der Waals surface area contributed by atoms with Gasteiger partial charge in [0.05, 0.1) is 28.4 Å². The van der Waals surface area contributed by atoms with Gasteiger partial charge in [0, 0.05) is 49.6 Å². The number of carbonyl (C=O) groups is 1. The molecule has 1 amide bonds. The Bertz CT molecular complexity index is 1160. The first-order chi connectivity index (χ1) is 15.6. The number of ether oxygens (including phenoxy) is 1. The molecule has 32 heavy (non-hydrogen) atoms. The number of thiazole rings is 1. The fraction of sp³-hybridized carbons (Fsp3) is 0.478. The van der Waals surface area contributed by atoms with E-state index in [9.17, 15) is 9.90 Å². The van der Waals surface area contributed by atoms with Crippen molar-refractivity contribution in [2.24, 2.45) is 5.92 Å². The van der Waals surface area contributed by atoms with E-state index in [1.165, 1.54) is 9.71 Å². The van der Waals surface area contributed by atoms with E-state index in [1.54, 1.807) is 35.7 Å². The Morgan fingerprint density at radius 3 is 2.75 bits per heavy atom. The lowest BCUT2D eigenvalue weighted by molar-refractivity contribution is 0.109. The third-order valence-electron chi connectivity index (χ3n) is 7.35. The topological polar surface area (TPSA) is 91.7 Å². The molecule has 1 N–H and O–H groups in total. The molecule has 6 rings (SSSR count). The predicted octanol–water partition coefficient (Wildman–Crippen LogP) is 3.69. The van der Waals surface area contributed by atoms with Gasteiger partial charge in [-0.3, -0.25) is 4.90 Å². The van der Waals surface area contributed by atoms with E-state index in [-0.39, 0.29) is 6.04 Å². The van der Waals surface area contributed by atoms with E-state index in [0.717, 1.165) is 49.0 Å². The van der Waals surface area contributed by atoms with E-state index in [2.05, 4.69) is 33.1 Å². The number of hydrogen-bond acceptors (Lipinski definition) is 7. The van der Waals surface area contributed by atoms with E-state index in [0.29, 0.717) is 30.4 Å². The number of amides is 1. The summed E-state index contributed by atoms with van der Waals surface area (Å²) >= 11 is 1.78. The molecule has 3 aliphatic rings. The molecule has 3 aromatic rings. The fourth-order valence-corrected chi connectivity index (χ4v) is 6.62. The molecule has 9 heteroatoms. The Labute approximate surface area is 189 Å². The Kier molecular flexibility index (Phi) is 4.76. The van der Waals surface area contributed by atoms with Crippen LogP contribution < -0.4 is 4.74 Å². The summed E-state index contributed by atoms with van der Waals surface area (Å²) in [6.07, 6.45) is 6.03. The molecule has 1 aliphatic carbocycles. The Morgan fingerprint density at radius 2 is 2.00 bits per heavy atom. The second-order valence-electron chi connectivity index (χ2n) is 9.06. The van der Waals surface area contributed by atoms with Gasteiger partial charge in [-0.2, -0.15) is 0 Å². The van der Waals surface area contributed by atoms with Crippen LogP contribution in [0.15, 0.2) is 30.6 Å². The zero-order valence-electron chi connectivity index (χ0n) is 17.8. The Hall–Kier alpha value is -2.78. The van der Waals surface area contributed by atoms with Crippen LogP contribution in [0, 0.1) is 5.92 Å². The van der Waals surface area contributed by atoms with Gasteiger partial charge in [-0.25, -0.2) is 19.7 Å². The summed E-state index contributed by atoms with van der Waals surface area (Å²) in [7, 11) is 1.56. The van der Waals surface area contributed by atoms with Crippen molar-refractivity contribution < 1.29 is 14.6 Å². The lowest BCUT2D eigenvalue weighted by atomic mass is 9.80. The van der Waals surface area contributed by atoms with Crippen LogP contribution >= 0.6 is 11.3 Å². The average Bonchev–Trinajstić information content (AvgIpc) is 3.46. The maximum Gasteiger partial charge on any atom is 0.407 e. The molecular formula is C23H25N5O3S. The molecule has 3 fully saturated rings. The molecule has 0 spiro atoms. The predicted molar refractivity (Wildman–Crippen MR) is 121 cm³/mol. The lowest BCUT2D eigenvalue weighted by Gasteiger charge is -2.41. The number of nitrogens with zero attached hydrogens (tertiary/aromatic N) is 5. The summed E-state index contributed by atoms with van der Waals surface area (Å²) in [5.41, 5.74) is 3.08. The largest absolute Gasteiger partial charge is 0.467 e. The first-order valence-electron chi connectivity index (χ1n) is 11.1. The second-order valence-corrected chi connectivity index (χ2v) is 10.1. The van der Waals surface area contributed by atoms with E-state index in [1.807, 2.05) is 0 Å². The van der Waals surface area contributed by atoms with E-state index in [4.69, 9.17) is 9.72 Å². The number of likely N-dealkylation sites (tertiary alicyclic amines) is 2. The third kappa shape index (κ3) is 3.31. The van der Waals surface area contributed by atoms with Crippen molar-refractivity contribution in [1.29, 1.82) is 0 Å². The van der Waals surface area contributed by atoms with Gasteiger partial charge in [-0.1, -0.05) is 6.07 Å². The summed E-state index contributed by atoms with van der Waals surface area (Å²) in [6, 6.07) is 7.42. The molecule has 8 nitrogen and oxygen atoms in total. The van der Waals surface area contributed by atoms with Crippen LogP contribution in [0.5, 0.6) is 6.01 Å². The molecule has 166 valence electrons. The maximum atomic E-state index is 11.5. The smallest absolute Gasteiger partial charge is 0.407 e. The monoisotopic (exact) mass is 451 g/mol. The zero-order chi connectivity index (χ0) is 21.8. The molecule has 0 bridgehead atoms. The van der Waals surface area contributed by atoms with E-state index >= 15 is 0 Å². The first kappa shape index (κ1) is 19.9. The van der Waals surface area contributed by atoms with Gasteiger partial charge < -0.3 is 14.7 Å². The Morgan fingerprint density at radius 1 is 1.19 bits per heavy atom. The minimum absolute atomic E-state index is 0.189. The summed E-state index contributed by atoms with van der Waals surface area (Å²) in [6.45, 7) is 2.63. The van der Waals surface area contributed by atoms with Crippen molar-refractivity contribution in [2.75, 3.05) is 26.7 Å². The average molecular weight is 452 g/mol. The van der Waals surface area contributed by atoms with Gasteiger partial charge in [-0.05, 0) is 42.9 Å². The van der Waals surface area contributed by atoms with Crippen molar-refractivity contribution in [1.82, 2.24) is 24.8 Å². The number of hydrogen-bond donors (Lipinski definition) is 1. The van der Waals surface area contributed by atoms with Crippen molar-refractivity contribution in [3.8, 4) is 17.1 Å². The van der Waals surface area contributed by atoms with Gasteiger partial charge in [-0.15, -0.1) is 11.3 Å². The second kappa shape index (κ2) is 7.67. The maximum absolute atomic E-state index is 11.5. The summed E-state index contributed by atoms with van der Waals surface area (Å²) in [4.78, 5) is 29.0. The van der Waals surface area contributed by atoms with Crippen LogP contribution in [0.1, 0.15) is 30.2 Å². The van der Waals surface area contributed by atoms with Gasteiger partial charge in [0.25, 0.3) is 0 Å². The molecule has 1 saturated carbocycles. The number of methoxy groups -OCH3 is 1. The van der Waals surface area contributed by atoms with Crippen LogP contribution in [-0.4, -0.2) is 74.8 Å². The molecular weight excluding hydrogens is 426 g/mol. The Balaban J connectivity index is 1.13.